The summed E-state index contributed by atoms with van der Waals surface area (Å²) in [6, 6.07) is 12.0. The molecule has 0 bridgehead atoms. The molecule has 3 fully saturated rings. The molecule has 1 spiro atoms. The van der Waals surface area contributed by atoms with Gasteiger partial charge in [0.25, 0.3) is 5.91 Å². The molecule has 0 saturated carbocycles. The summed E-state index contributed by atoms with van der Waals surface area (Å²) in [5, 5.41) is 7.88. The number of nitrogens with zero attached hydrogens (tertiary/aromatic N) is 5. The van der Waals surface area contributed by atoms with Crippen molar-refractivity contribution in [1.29, 1.82) is 0 Å². The quantitative estimate of drug-likeness (QED) is 0.513. The minimum absolute atomic E-state index is 0.00318. The number of H-pyrrole nitrogens is 1. The summed E-state index contributed by atoms with van der Waals surface area (Å²) >= 11 is 0. The van der Waals surface area contributed by atoms with Crippen LogP contribution in [0.1, 0.15) is 41.6 Å². The molecule has 1 radical (unpaired) electrons. The molecule has 1 atom stereocenters. The van der Waals surface area contributed by atoms with Gasteiger partial charge in [-0.2, -0.15) is 5.10 Å². The topological polar surface area (TPSA) is 92.8 Å². The molecule has 9 nitrogen and oxygen atoms in total. The maximum atomic E-state index is 14.3. The van der Waals surface area contributed by atoms with E-state index in [1.165, 1.54) is 6.42 Å². The maximum absolute atomic E-state index is 14.3. The Balaban J connectivity index is 1.12. The molecule has 1 aromatic heterocycles. The summed E-state index contributed by atoms with van der Waals surface area (Å²) in [6.07, 6.45) is 5.13. The molecule has 7 rings (SSSR count). The van der Waals surface area contributed by atoms with E-state index in [0.29, 0.717) is 37.5 Å². The van der Waals surface area contributed by atoms with E-state index >= 15 is 0 Å². The van der Waals surface area contributed by atoms with Crippen molar-refractivity contribution in [2.75, 3.05) is 50.7 Å². The number of carbonyl (C=O) groups excluding carboxylic acids is 3. The normalized spacial score (nSPS) is 22.2. The second-order valence-corrected chi connectivity index (χ2v) is 11.6. The van der Waals surface area contributed by atoms with Gasteiger partial charge in [-0.15, -0.1) is 0 Å². The molecule has 4 aliphatic heterocycles. The number of aromatic amines is 1. The number of likely N-dealkylation sites (tertiary alicyclic amines) is 1. The number of hydrogen-bond donors (Lipinski definition) is 1. The smallest absolute Gasteiger partial charge is 0.253 e. The predicted molar refractivity (Wildman–Crippen MR) is 154 cm³/mol. The Morgan fingerprint density at radius 3 is 2.75 bits per heavy atom. The summed E-state index contributed by atoms with van der Waals surface area (Å²) in [5.41, 5.74) is 3.69. The van der Waals surface area contributed by atoms with Crippen LogP contribution in [0.2, 0.25) is 6.82 Å². The third kappa shape index (κ3) is 3.95. The van der Waals surface area contributed by atoms with Gasteiger partial charge in [-0.25, -0.2) is 0 Å². The van der Waals surface area contributed by atoms with Crippen molar-refractivity contribution in [2.45, 2.75) is 44.0 Å². The SMILES string of the molecule is C[B]c1cccc2c1C1(CCN(C(=O)c3ccc4[nH]ncc4c3)CC1)C(=O)N2CC(=O)N1CCN2CCCC2C1. The first-order valence-electron chi connectivity index (χ1n) is 14.5. The Kier molecular flexibility index (Phi) is 6.18. The van der Waals surface area contributed by atoms with Crippen LogP contribution in [0.4, 0.5) is 5.69 Å². The third-order valence-electron chi connectivity index (χ3n) is 9.63. The second-order valence-electron chi connectivity index (χ2n) is 11.6. The lowest BCUT2D eigenvalue weighted by Crippen LogP contribution is -2.55. The standard InChI is InChI=1S/C30H34BN6O3/c1-31-23-5-2-6-25-27(23)30(29(40)37(25)19-26(38)36-15-14-34-11-3-4-22(34)18-36)9-12-35(13-10-30)28(39)20-7-8-24-21(16-20)17-32-33-24/h2,5-8,16-17,22H,3-4,9-15,18-19H2,1H3,(H,32,33). The monoisotopic (exact) mass is 537 g/mol. The van der Waals surface area contributed by atoms with E-state index in [4.69, 9.17) is 0 Å². The fourth-order valence-corrected chi connectivity index (χ4v) is 7.44. The molecule has 3 saturated heterocycles. The van der Waals surface area contributed by atoms with Crippen LogP contribution in [0, 0.1) is 0 Å². The zero-order valence-electron chi connectivity index (χ0n) is 22.9. The molecule has 3 aromatic rings. The number of amides is 3. The lowest BCUT2D eigenvalue weighted by atomic mass is 9.63. The highest BCUT2D eigenvalue weighted by Gasteiger charge is 2.53. The molecule has 40 heavy (non-hydrogen) atoms. The summed E-state index contributed by atoms with van der Waals surface area (Å²) in [6.45, 7) is 6.54. The molecular formula is C30H34BN6O3. The number of rotatable bonds is 4. The number of benzene rings is 2. The summed E-state index contributed by atoms with van der Waals surface area (Å²) in [5.74, 6) is -0.00958. The van der Waals surface area contributed by atoms with Crippen LogP contribution in [0.25, 0.3) is 10.9 Å². The zero-order chi connectivity index (χ0) is 27.4. The Hall–Kier alpha value is -3.66. The number of piperazine rings is 1. The average molecular weight is 537 g/mol. The number of nitrogens with one attached hydrogen (secondary N) is 1. The number of anilines is 1. The minimum Gasteiger partial charge on any atom is -0.339 e. The van der Waals surface area contributed by atoms with E-state index < -0.39 is 5.41 Å². The van der Waals surface area contributed by atoms with Crippen LogP contribution >= 0.6 is 0 Å². The second kappa shape index (κ2) is 9.76. The van der Waals surface area contributed by atoms with Crippen molar-refractivity contribution in [1.82, 2.24) is 24.9 Å². The van der Waals surface area contributed by atoms with Crippen molar-refractivity contribution in [3.05, 3.63) is 53.7 Å². The Labute approximate surface area is 234 Å². The predicted octanol–water partition coefficient (Wildman–Crippen LogP) is 1.77. The summed E-state index contributed by atoms with van der Waals surface area (Å²) < 4.78 is 0. The minimum atomic E-state index is -0.728. The first kappa shape index (κ1) is 25.3. The Morgan fingerprint density at radius 2 is 1.93 bits per heavy atom. The molecule has 205 valence electrons. The van der Waals surface area contributed by atoms with Gasteiger partial charge >= 0.3 is 0 Å². The van der Waals surface area contributed by atoms with Gasteiger partial charge in [-0.1, -0.05) is 24.4 Å². The lowest BCUT2D eigenvalue weighted by Gasteiger charge is -2.40. The number of fused-ring (bicyclic) bond motifs is 4. The van der Waals surface area contributed by atoms with Crippen molar-refractivity contribution in [3.63, 3.8) is 0 Å². The fraction of sp³-hybridized carbons (Fsp3) is 0.467. The maximum Gasteiger partial charge on any atom is 0.253 e. The van der Waals surface area contributed by atoms with Crippen LogP contribution in [0.5, 0.6) is 0 Å². The van der Waals surface area contributed by atoms with E-state index in [1.807, 2.05) is 47.0 Å². The van der Waals surface area contributed by atoms with Crippen LogP contribution in [-0.2, 0) is 15.0 Å². The first-order valence-corrected chi connectivity index (χ1v) is 14.5. The van der Waals surface area contributed by atoms with Gasteiger partial charge in [0.1, 0.15) is 13.8 Å². The molecule has 5 heterocycles. The largest absolute Gasteiger partial charge is 0.339 e. The molecule has 3 amide bonds. The van der Waals surface area contributed by atoms with Crippen molar-refractivity contribution >= 4 is 47.1 Å². The number of carbonyl (C=O) groups is 3. The molecule has 0 aliphatic carbocycles. The molecule has 4 aliphatic rings. The molecule has 1 unspecified atom stereocenters. The first-order chi connectivity index (χ1) is 19.5. The van der Waals surface area contributed by atoms with E-state index in [-0.39, 0.29) is 24.3 Å². The Bertz CT molecular complexity index is 1500. The molecule has 10 heteroatoms. The van der Waals surface area contributed by atoms with E-state index in [2.05, 4.69) is 28.4 Å². The lowest BCUT2D eigenvalue weighted by molar-refractivity contribution is -0.134. The Morgan fingerprint density at radius 1 is 1.07 bits per heavy atom. The molecular weight excluding hydrogens is 503 g/mol. The average Bonchev–Trinajstić information content (AvgIpc) is 3.71. The van der Waals surface area contributed by atoms with Gasteiger partial charge in [-0.05, 0) is 62.1 Å². The fourth-order valence-electron chi connectivity index (χ4n) is 7.44. The highest BCUT2D eigenvalue weighted by molar-refractivity contribution is 6.53. The molecule has 2 aromatic carbocycles. The van der Waals surface area contributed by atoms with E-state index in [1.54, 1.807) is 11.1 Å². The van der Waals surface area contributed by atoms with Gasteiger partial charge in [0, 0.05) is 55.4 Å². The van der Waals surface area contributed by atoms with Crippen LogP contribution < -0.4 is 10.4 Å². The van der Waals surface area contributed by atoms with E-state index in [0.717, 1.165) is 60.2 Å². The number of hydrogen-bond acceptors (Lipinski definition) is 5. The number of piperidine rings is 1. The van der Waals surface area contributed by atoms with Gasteiger partial charge in [-0.3, -0.25) is 24.4 Å². The van der Waals surface area contributed by atoms with Gasteiger partial charge in [0.15, 0.2) is 0 Å². The molecule has 1 N–H and O–H groups in total. The van der Waals surface area contributed by atoms with Crippen molar-refractivity contribution < 1.29 is 14.4 Å². The summed E-state index contributed by atoms with van der Waals surface area (Å²) in [4.78, 5) is 49.3. The van der Waals surface area contributed by atoms with Gasteiger partial charge in [0.05, 0.1) is 17.1 Å². The van der Waals surface area contributed by atoms with Crippen LogP contribution in [0.15, 0.2) is 42.6 Å². The van der Waals surface area contributed by atoms with Crippen molar-refractivity contribution in [2.24, 2.45) is 0 Å². The number of aromatic nitrogens is 2. The van der Waals surface area contributed by atoms with Crippen molar-refractivity contribution in [3.8, 4) is 0 Å². The highest BCUT2D eigenvalue weighted by Crippen LogP contribution is 2.47. The van der Waals surface area contributed by atoms with Crippen LogP contribution in [-0.4, -0.2) is 102 Å². The van der Waals surface area contributed by atoms with E-state index in [9.17, 15) is 14.4 Å². The zero-order valence-corrected chi connectivity index (χ0v) is 22.9. The van der Waals surface area contributed by atoms with Crippen LogP contribution in [0.3, 0.4) is 0 Å². The third-order valence-corrected chi connectivity index (χ3v) is 9.63. The van der Waals surface area contributed by atoms with Gasteiger partial charge < -0.3 is 14.7 Å². The summed E-state index contributed by atoms with van der Waals surface area (Å²) in [7, 11) is 2.05. The highest BCUT2D eigenvalue weighted by atomic mass is 16.2. The van der Waals surface area contributed by atoms with Gasteiger partial charge in [0.2, 0.25) is 11.8 Å².